The van der Waals surface area contributed by atoms with E-state index >= 15 is 0 Å². The van der Waals surface area contributed by atoms with E-state index in [4.69, 9.17) is 34.8 Å². The molecule has 2 rings (SSSR count). The second kappa shape index (κ2) is 8.93. The van der Waals surface area contributed by atoms with Crippen molar-refractivity contribution in [2.45, 2.75) is 11.3 Å². The van der Waals surface area contributed by atoms with Gasteiger partial charge in [-0.3, -0.25) is 14.9 Å². The van der Waals surface area contributed by atoms with Crippen molar-refractivity contribution in [1.29, 1.82) is 0 Å². The molecule has 24 heavy (non-hydrogen) atoms. The molecule has 0 saturated heterocycles. The minimum atomic E-state index is -1.21. The number of amides is 2. The minimum Gasteiger partial charge on any atom is -0.298 e. The number of hydrogen-bond donors (Lipinski definition) is 2. The summed E-state index contributed by atoms with van der Waals surface area (Å²) in [4.78, 5) is 21.9. The van der Waals surface area contributed by atoms with Gasteiger partial charge in [0.2, 0.25) is 11.0 Å². The molecule has 0 aliphatic rings. The van der Waals surface area contributed by atoms with E-state index in [9.17, 15) is 9.59 Å². The van der Waals surface area contributed by atoms with Gasteiger partial charge in [-0.1, -0.05) is 58.3 Å². The van der Waals surface area contributed by atoms with Crippen LogP contribution in [0.3, 0.4) is 0 Å². The van der Waals surface area contributed by atoms with Gasteiger partial charge in [0.05, 0.1) is 12.6 Å². The van der Waals surface area contributed by atoms with Crippen molar-refractivity contribution >= 4 is 69.3 Å². The van der Waals surface area contributed by atoms with Gasteiger partial charge in [0.15, 0.2) is 4.84 Å². The Morgan fingerprint density at radius 1 is 1.25 bits per heavy atom. The fourth-order valence-electron chi connectivity index (χ4n) is 1.44. The molecule has 2 aromatic rings. The van der Waals surface area contributed by atoms with E-state index in [0.29, 0.717) is 10.0 Å². The highest BCUT2D eigenvalue weighted by molar-refractivity contribution is 7.15. The van der Waals surface area contributed by atoms with Gasteiger partial charge >= 0.3 is 0 Å². The zero-order valence-electron chi connectivity index (χ0n) is 11.9. The molecule has 1 aromatic carbocycles. The maximum atomic E-state index is 11.8. The highest BCUT2D eigenvalue weighted by Gasteiger charge is 2.15. The number of hydrogen-bond acceptors (Lipinski definition) is 6. The quantitative estimate of drug-likeness (QED) is 0.438. The van der Waals surface area contributed by atoms with E-state index in [1.807, 2.05) is 0 Å². The van der Waals surface area contributed by atoms with Gasteiger partial charge in [0.25, 0.3) is 5.91 Å². The van der Waals surface area contributed by atoms with Gasteiger partial charge in [0.1, 0.15) is 5.01 Å². The molecular weight excluding hydrogens is 397 g/mol. The maximum Gasteiger partial charge on any atom is 0.259 e. The third kappa shape index (κ3) is 6.04. The Hall–Kier alpha value is -1.74. The van der Waals surface area contributed by atoms with Crippen molar-refractivity contribution in [3.8, 4) is 0 Å². The van der Waals surface area contributed by atoms with Gasteiger partial charge in [-0.05, 0) is 17.7 Å². The van der Waals surface area contributed by atoms with Crippen LogP contribution in [0.5, 0.6) is 0 Å². The van der Waals surface area contributed by atoms with Crippen LogP contribution < -0.4 is 10.7 Å². The predicted octanol–water partition coefficient (Wildman–Crippen LogP) is 2.63. The first-order valence-corrected chi connectivity index (χ1v) is 8.49. The molecule has 126 valence electrons. The predicted molar refractivity (Wildman–Crippen MR) is 94.9 cm³/mol. The van der Waals surface area contributed by atoms with Crippen LogP contribution in [0.2, 0.25) is 5.02 Å². The Kier molecular flexibility index (Phi) is 6.92. The number of benzene rings is 1. The van der Waals surface area contributed by atoms with Crippen LogP contribution in [0.4, 0.5) is 5.13 Å². The van der Waals surface area contributed by atoms with Crippen LogP contribution in [0, 0.1) is 0 Å². The number of carbonyl (C=O) groups excluding carboxylic acids is 2. The van der Waals surface area contributed by atoms with Crippen molar-refractivity contribution in [2.24, 2.45) is 5.10 Å². The van der Waals surface area contributed by atoms with E-state index in [1.165, 1.54) is 6.21 Å². The highest BCUT2D eigenvalue weighted by Crippen LogP contribution is 2.17. The molecule has 1 heterocycles. The Morgan fingerprint density at radius 2 is 1.96 bits per heavy atom. The van der Waals surface area contributed by atoms with Crippen molar-refractivity contribution in [2.75, 3.05) is 5.32 Å². The molecule has 0 bridgehead atoms. The van der Waals surface area contributed by atoms with Crippen molar-refractivity contribution in [1.82, 2.24) is 15.6 Å². The molecule has 0 spiro atoms. The molecule has 0 radical (unpaired) electrons. The zero-order chi connectivity index (χ0) is 17.5. The lowest BCUT2D eigenvalue weighted by atomic mass is 10.2. The average molecular weight is 407 g/mol. The van der Waals surface area contributed by atoms with Crippen LogP contribution in [0.1, 0.15) is 10.6 Å². The first kappa shape index (κ1) is 18.6. The molecule has 0 aliphatic carbocycles. The van der Waals surface area contributed by atoms with Crippen LogP contribution in [0.15, 0.2) is 29.4 Å². The Morgan fingerprint density at radius 3 is 2.62 bits per heavy atom. The molecule has 0 saturated carbocycles. The Bertz CT molecular complexity index is 748. The SMILES string of the molecule is O=C(Cc1nnc(NC(=O)C(Cl)Cl)s1)NN=Cc1ccc(Cl)cc1. The summed E-state index contributed by atoms with van der Waals surface area (Å²) in [6.45, 7) is 0. The smallest absolute Gasteiger partial charge is 0.259 e. The monoisotopic (exact) mass is 405 g/mol. The summed E-state index contributed by atoms with van der Waals surface area (Å²) in [7, 11) is 0. The van der Waals surface area contributed by atoms with E-state index in [1.54, 1.807) is 24.3 Å². The molecule has 0 unspecified atom stereocenters. The van der Waals surface area contributed by atoms with Crippen molar-refractivity contribution in [3.63, 3.8) is 0 Å². The number of nitrogens with zero attached hydrogens (tertiary/aromatic N) is 3. The Labute approximate surface area is 156 Å². The van der Waals surface area contributed by atoms with Gasteiger partial charge in [-0.15, -0.1) is 10.2 Å². The Balaban J connectivity index is 1.83. The summed E-state index contributed by atoms with van der Waals surface area (Å²) < 4.78 is 0. The summed E-state index contributed by atoms with van der Waals surface area (Å²) in [5, 5.41) is 14.9. The number of halogens is 3. The molecule has 1 aromatic heterocycles. The van der Waals surface area contributed by atoms with Gasteiger partial charge in [-0.2, -0.15) is 5.10 Å². The van der Waals surface area contributed by atoms with Crippen LogP contribution in [-0.4, -0.2) is 33.1 Å². The normalized spacial score (nSPS) is 11.0. The molecule has 0 atom stereocenters. The number of carbonyl (C=O) groups is 2. The molecule has 0 fully saturated rings. The van der Waals surface area contributed by atoms with Crippen LogP contribution in [0.25, 0.3) is 0 Å². The summed E-state index contributed by atoms with van der Waals surface area (Å²) in [6.07, 6.45) is 1.46. The average Bonchev–Trinajstić information content (AvgIpc) is 2.96. The first-order valence-electron chi connectivity index (χ1n) is 6.43. The van der Waals surface area contributed by atoms with E-state index in [0.717, 1.165) is 16.9 Å². The number of anilines is 1. The fraction of sp³-hybridized carbons (Fsp3) is 0.154. The molecule has 11 heteroatoms. The van der Waals surface area contributed by atoms with Gasteiger partial charge < -0.3 is 0 Å². The molecule has 7 nitrogen and oxygen atoms in total. The number of rotatable bonds is 6. The van der Waals surface area contributed by atoms with Gasteiger partial charge in [-0.25, -0.2) is 5.43 Å². The zero-order valence-corrected chi connectivity index (χ0v) is 15.0. The number of aromatic nitrogens is 2. The summed E-state index contributed by atoms with van der Waals surface area (Å²) >= 11 is 17.6. The largest absolute Gasteiger partial charge is 0.298 e. The third-order valence-corrected chi connectivity index (χ3v) is 3.97. The molecule has 2 N–H and O–H groups in total. The van der Waals surface area contributed by atoms with Gasteiger partial charge in [0, 0.05) is 5.02 Å². The lowest BCUT2D eigenvalue weighted by Gasteiger charge is -1.99. The van der Waals surface area contributed by atoms with E-state index < -0.39 is 10.7 Å². The molecular formula is C13H10Cl3N5O2S. The minimum absolute atomic E-state index is 0.0311. The van der Waals surface area contributed by atoms with Crippen molar-refractivity contribution < 1.29 is 9.59 Å². The summed E-state index contributed by atoms with van der Waals surface area (Å²) in [5.41, 5.74) is 3.16. The van der Waals surface area contributed by atoms with E-state index in [2.05, 4.69) is 26.0 Å². The maximum absolute atomic E-state index is 11.8. The topological polar surface area (TPSA) is 96.3 Å². The second-order valence-corrected chi connectivity index (χ2v) is 6.91. The fourth-order valence-corrected chi connectivity index (χ4v) is 2.42. The lowest BCUT2D eigenvalue weighted by molar-refractivity contribution is -0.120. The summed E-state index contributed by atoms with van der Waals surface area (Å²) in [6, 6.07) is 6.96. The molecule has 2 amide bonds. The number of nitrogens with one attached hydrogen (secondary N) is 2. The number of hydrazone groups is 1. The standard InChI is InChI=1S/C13H10Cl3N5O2S/c14-8-3-1-7(2-4-8)6-17-19-9(22)5-10-20-21-13(24-10)18-12(23)11(15)16/h1-4,6,11H,5H2,(H,19,22)(H,18,21,23). The third-order valence-electron chi connectivity index (χ3n) is 2.48. The first-order chi connectivity index (χ1) is 11.4. The number of alkyl halides is 2. The second-order valence-electron chi connectivity index (χ2n) is 4.31. The lowest BCUT2D eigenvalue weighted by Crippen LogP contribution is -2.19. The van der Waals surface area contributed by atoms with Crippen molar-refractivity contribution in [3.05, 3.63) is 39.9 Å². The summed E-state index contributed by atoms with van der Waals surface area (Å²) in [5.74, 6) is -0.986. The van der Waals surface area contributed by atoms with Crippen LogP contribution in [-0.2, 0) is 16.0 Å². The molecule has 0 aliphatic heterocycles. The van der Waals surface area contributed by atoms with Crippen LogP contribution >= 0.6 is 46.1 Å². The highest BCUT2D eigenvalue weighted by atomic mass is 35.5. The van der Waals surface area contributed by atoms with E-state index in [-0.39, 0.29) is 17.5 Å².